The summed E-state index contributed by atoms with van der Waals surface area (Å²) in [5.41, 5.74) is 1.17. The molecule has 2 rings (SSSR count). The highest BCUT2D eigenvalue weighted by molar-refractivity contribution is 6.35. The van der Waals surface area contributed by atoms with Gasteiger partial charge in [0.05, 0.1) is 0 Å². The van der Waals surface area contributed by atoms with Crippen LogP contribution in [0.15, 0.2) is 18.2 Å². The molecular formula is C18H26Cl2N2O6. The number of rotatable bonds is 8. The maximum Gasteiger partial charge on any atom is 0.335 e. The van der Waals surface area contributed by atoms with Crippen LogP contribution < -0.4 is 5.32 Å². The monoisotopic (exact) mass is 436 g/mol. The van der Waals surface area contributed by atoms with Gasteiger partial charge in [-0.25, -0.2) is 9.59 Å². The molecule has 1 aliphatic rings. The van der Waals surface area contributed by atoms with Crippen molar-refractivity contribution in [3.05, 3.63) is 33.8 Å². The highest BCUT2D eigenvalue weighted by Gasteiger charge is 2.29. The average molecular weight is 437 g/mol. The first-order valence-electron chi connectivity index (χ1n) is 8.87. The first-order chi connectivity index (χ1) is 13.2. The lowest BCUT2D eigenvalue weighted by Gasteiger charge is -2.28. The molecule has 1 aromatic rings. The topological polar surface area (TPSA) is 130 Å². The predicted octanol–water partition coefficient (Wildman–Crippen LogP) is 1.44. The van der Waals surface area contributed by atoms with E-state index in [4.69, 9.17) is 43.6 Å². The SMILES string of the molecule is CCCN(Cc1ccc(Cl)cc1Cl)[C@H]1CCNC1.O=C(O)C(O)C(O)C(=O)O. The van der Waals surface area contributed by atoms with Crippen molar-refractivity contribution in [3.63, 3.8) is 0 Å². The van der Waals surface area contributed by atoms with Gasteiger partial charge < -0.3 is 25.7 Å². The fourth-order valence-corrected chi connectivity index (χ4v) is 3.24. The molecule has 1 saturated heterocycles. The summed E-state index contributed by atoms with van der Waals surface area (Å²) in [5, 5.41) is 37.4. The first-order valence-corrected chi connectivity index (χ1v) is 9.63. The molecule has 1 aromatic carbocycles. The summed E-state index contributed by atoms with van der Waals surface area (Å²) in [5.74, 6) is -3.54. The van der Waals surface area contributed by atoms with Crippen molar-refractivity contribution in [2.24, 2.45) is 0 Å². The highest BCUT2D eigenvalue weighted by atomic mass is 35.5. The zero-order chi connectivity index (χ0) is 21.3. The maximum absolute atomic E-state index is 9.77. The molecule has 0 aromatic heterocycles. The molecule has 0 amide bonds. The largest absolute Gasteiger partial charge is 0.479 e. The number of carboxylic acid groups (broad SMARTS) is 2. The number of halogens is 2. The number of carbonyl (C=O) groups is 2. The summed E-state index contributed by atoms with van der Waals surface area (Å²) in [7, 11) is 0. The van der Waals surface area contributed by atoms with Crippen LogP contribution in [0.2, 0.25) is 10.0 Å². The lowest BCUT2D eigenvalue weighted by atomic mass is 10.1. The summed E-state index contributed by atoms with van der Waals surface area (Å²) in [6, 6.07) is 6.42. The Morgan fingerprint density at radius 2 is 1.82 bits per heavy atom. The Morgan fingerprint density at radius 1 is 1.21 bits per heavy atom. The second kappa shape index (κ2) is 12.2. The molecule has 5 N–H and O–H groups in total. The zero-order valence-corrected chi connectivity index (χ0v) is 17.0. The van der Waals surface area contributed by atoms with Crippen LogP contribution in [0.3, 0.4) is 0 Å². The number of benzene rings is 1. The number of nitrogens with zero attached hydrogens (tertiary/aromatic N) is 1. The Bertz CT molecular complexity index is 637. The zero-order valence-electron chi connectivity index (χ0n) is 15.5. The van der Waals surface area contributed by atoms with Crippen molar-refractivity contribution in [2.75, 3.05) is 19.6 Å². The summed E-state index contributed by atoms with van der Waals surface area (Å²) in [6.07, 6.45) is -2.14. The molecule has 1 heterocycles. The number of hydrogen-bond acceptors (Lipinski definition) is 6. The van der Waals surface area contributed by atoms with E-state index in [2.05, 4.69) is 17.1 Å². The summed E-state index contributed by atoms with van der Waals surface area (Å²) in [6.45, 7) is 6.46. The van der Waals surface area contributed by atoms with Gasteiger partial charge in [-0.1, -0.05) is 36.2 Å². The van der Waals surface area contributed by atoms with E-state index in [0.29, 0.717) is 11.1 Å². The standard InChI is InChI=1S/C14H20Cl2N2.C4H6O6/c1-2-7-18(13-5-6-17-9-13)10-11-3-4-12(15)8-14(11)16;5-1(3(7)8)2(6)4(9)10/h3-4,8,13,17H,2,5-7,9-10H2,1H3;1-2,5-6H,(H,7,8)(H,9,10)/t13-;/m0./s1. The van der Waals surface area contributed by atoms with Crippen molar-refractivity contribution in [1.82, 2.24) is 10.2 Å². The van der Waals surface area contributed by atoms with Crippen LogP contribution in [0.1, 0.15) is 25.3 Å². The number of aliphatic hydroxyl groups is 2. The third kappa shape index (κ3) is 7.90. The Balaban J connectivity index is 0.000000336. The van der Waals surface area contributed by atoms with E-state index in [9.17, 15) is 9.59 Å². The number of aliphatic carboxylic acids is 2. The molecule has 28 heavy (non-hydrogen) atoms. The Morgan fingerprint density at radius 3 is 2.25 bits per heavy atom. The van der Waals surface area contributed by atoms with Gasteiger partial charge in [0.25, 0.3) is 0 Å². The number of hydrogen-bond donors (Lipinski definition) is 5. The summed E-state index contributed by atoms with van der Waals surface area (Å²) < 4.78 is 0. The fraction of sp³-hybridized carbons (Fsp3) is 0.556. The Kier molecular flexibility index (Phi) is 10.7. The summed E-state index contributed by atoms with van der Waals surface area (Å²) in [4.78, 5) is 22.1. The van der Waals surface area contributed by atoms with E-state index in [-0.39, 0.29) is 0 Å². The highest BCUT2D eigenvalue weighted by Crippen LogP contribution is 2.23. The van der Waals surface area contributed by atoms with Gasteiger partial charge in [-0.2, -0.15) is 0 Å². The van der Waals surface area contributed by atoms with Gasteiger partial charge >= 0.3 is 11.9 Å². The molecular weight excluding hydrogens is 411 g/mol. The van der Waals surface area contributed by atoms with E-state index >= 15 is 0 Å². The first kappa shape index (κ1) is 24.6. The minimum atomic E-state index is -2.27. The van der Waals surface area contributed by atoms with Crippen molar-refractivity contribution in [3.8, 4) is 0 Å². The Hall–Kier alpha value is -1.42. The number of carboxylic acids is 2. The van der Waals surface area contributed by atoms with E-state index in [1.807, 2.05) is 18.2 Å². The quantitative estimate of drug-likeness (QED) is 0.413. The van der Waals surface area contributed by atoms with E-state index in [1.165, 1.54) is 18.4 Å². The van der Waals surface area contributed by atoms with Gasteiger partial charge in [-0.15, -0.1) is 0 Å². The lowest BCUT2D eigenvalue weighted by Crippen LogP contribution is -2.39. The van der Waals surface area contributed by atoms with Crippen molar-refractivity contribution in [2.45, 2.75) is 44.6 Å². The van der Waals surface area contributed by atoms with Crippen LogP contribution in [-0.4, -0.2) is 75.1 Å². The molecule has 1 aliphatic heterocycles. The third-order valence-corrected chi connectivity index (χ3v) is 4.84. The Labute approximate surface area is 173 Å². The van der Waals surface area contributed by atoms with E-state index in [1.54, 1.807) is 0 Å². The van der Waals surface area contributed by atoms with Gasteiger partial charge in [-0.05, 0) is 43.6 Å². The van der Waals surface area contributed by atoms with Crippen LogP contribution in [-0.2, 0) is 16.1 Å². The van der Waals surface area contributed by atoms with Crippen LogP contribution in [0.4, 0.5) is 0 Å². The van der Waals surface area contributed by atoms with Crippen LogP contribution in [0.25, 0.3) is 0 Å². The molecule has 1 fully saturated rings. The molecule has 158 valence electrons. The molecule has 2 unspecified atom stereocenters. The van der Waals surface area contributed by atoms with Crippen LogP contribution in [0, 0.1) is 0 Å². The van der Waals surface area contributed by atoms with Crippen molar-refractivity contribution >= 4 is 35.1 Å². The minimum absolute atomic E-state index is 0.636. The van der Waals surface area contributed by atoms with Gasteiger partial charge in [0.2, 0.25) is 0 Å². The number of nitrogens with one attached hydrogen (secondary N) is 1. The summed E-state index contributed by atoms with van der Waals surface area (Å²) >= 11 is 12.2. The molecule has 10 heteroatoms. The molecule has 0 radical (unpaired) electrons. The molecule has 0 spiro atoms. The van der Waals surface area contributed by atoms with Gasteiger partial charge in [-0.3, -0.25) is 4.90 Å². The van der Waals surface area contributed by atoms with Crippen LogP contribution in [0.5, 0.6) is 0 Å². The van der Waals surface area contributed by atoms with Gasteiger partial charge in [0, 0.05) is 29.2 Å². The van der Waals surface area contributed by atoms with Crippen molar-refractivity contribution in [1.29, 1.82) is 0 Å². The third-order valence-electron chi connectivity index (χ3n) is 4.26. The van der Waals surface area contributed by atoms with Gasteiger partial charge in [0.1, 0.15) is 0 Å². The fourth-order valence-electron chi connectivity index (χ4n) is 2.77. The second-order valence-corrected chi connectivity index (χ2v) is 7.26. The minimum Gasteiger partial charge on any atom is -0.479 e. The van der Waals surface area contributed by atoms with Crippen molar-refractivity contribution < 1.29 is 30.0 Å². The maximum atomic E-state index is 9.77. The predicted molar refractivity (Wildman–Crippen MR) is 106 cm³/mol. The second-order valence-electron chi connectivity index (χ2n) is 6.42. The van der Waals surface area contributed by atoms with E-state index in [0.717, 1.165) is 31.2 Å². The molecule has 0 aliphatic carbocycles. The molecule has 3 atom stereocenters. The van der Waals surface area contributed by atoms with E-state index < -0.39 is 24.1 Å². The number of aliphatic hydroxyl groups excluding tert-OH is 2. The average Bonchev–Trinajstić information content (AvgIpc) is 3.17. The van der Waals surface area contributed by atoms with Gasteiger partial charge in [0.15, 0.2) is 12.2 Å². The van der Waals surface area contributed by atoms with Crippen LogP contribution >= 0.6 is 23.2 Å². The smallest absolute Gasteiger partial charge is 0.335 e. The normalized spacial score (nSPS) is 18.3. The molecule has 0 saturated carbocycles. The molecule has 0 bridgehead atoms. The molecule has 8 nitrogen and oxygen atoms in total. The lowest BCUT2D eigenvalue weighted by molar-refractivity contribution is -0.165.